The molecule has 2 aromatic heterocycles. The topological polar surface area (TPSA) is 163 Å². The van der Waals surface area contributed by atoms with Crippen LogP contribution in [0.15, 0.2) is 34.7 Å². The van der Waals surface area contributed by atoms with Gasteiger partial charge >= 0.3 is 6.03 Å². The van der Waals surface area contributed by atoms with Gasteiger partial charge in [-0.3, -0.25) is 10.1 Å². The number of urea groups is 1. The lowest BCUT2D eigenvalue weighted by Gasteiger charge is -2.07. The summed E-state index contributed by atoms with van der Waals surface area (Å²) in [4.78, 5) is 30.6. The summed E-state index contributed by atoms with van der Waals surface area (Å²) < 4.78 is 5.64. The summed E-state index contributed by atoms with van der Waals surface area (Å²) >= 11 is 0. The monoisotopic (exact) mass is 312 g/mol. The average Bonchev–Trinajstić information content (AvgIpc) is 2.89. The van der Waals surface area contributed by atoms with Gasteiger partial charge in [-0.15, -0.1) is 0 Å². The van der Waals surface area contributed by atoms with Gasteiger partial charge in [-0.05, 0) is 12.1 Å². The molecule has 23 heavy (non-hydrogen) atoms. The third-order valence-corrected chi connectivity index (χ3v) is 3.06. The van der Waals surface area contributed by atoms with E-state index in [0.29, 0.717) is 11.3 Å². The zero-order chi connectivity index (χ0) is 16.6. The highest BCUT2D eigenvalue weighted by molar-refractivity contribution is 6.05. The number of benzene rings is 1. The molecule has 0 unspecified atom stereocenters. The number of nitrogens with zero attached hydrogens (tertiary/aromatic N) is 2. The Morgan fingerprint density at radius 1 is 1.09 bits per heavy atom. The molecule has 9 heteroatoms. The van der Waals surface area contributed by atoms with Gasteiger partial charge in [0.1, 0.15) is 11.3 Å². The molecule has 0 aliphatic rings. The second-order valence-corrected chi connectivity index (χ2v) is 4.66. The van der Waals surface area contributed by atoms with Crippen molar-refractivity contribution in [3.8, 4) is 11.5 Å². The normalized spacial score (nSPS) is 10.6. The van der Waals surface area contributed by atoms with Crippen molar-refractivity contribution >= 4 is 34.5 Å². The molecule has 0 aliphatic carbocycles. The Morgan fingerprint density at radius 3 is 2.52 bits per heavy atom. The van der Waals surface area contributed by atoms with E-state index in [2.05, 4.69) is 9.97 Å². The number of hydrogen-bond donors (Lipinski definition) is 4. The molecule has 0 saturated heterocycles. The predicted octanol–water partition coefficient (Wildman–Crippen LogP) is 0.863. The number of rotatable bonds is 2. The van der Waals surface area contributed by atoms with Crippen molar-refractivity contribution in [3.63, 3.8) is 0 Å². The summed E-state index contributed by atoms with van der Waals surface area (Å²) in [5, 5.41) is 2.71. The number of aromatic nitrogens is 2. The number of nitrogens with two attached hydrogens (primary N) is 3. The SMILES string of the molecule is NC(=O)NC(=O)c1nc(-c2cc3ccccc3o2)c(N)nc1N. The standard InChI is InChI=1S/C14H12N6O3/c15-11-9(8-5-6-3-1-2-4-7(6)23-8)18-10(12(16)19-11)13(21)20-14(17)22/h1-5H,(H4,15,16,19)(H3,17,20,21,22). The quantitative estimate of drug-likeness (QED) is 0.545. The fourth-order valence-corrected chi connectivity index (χ4v) is 2.08. The smallest absolute Gasteiger partial charge is 0.319 e. The molecule has 3 rings (SSSR count). The highest BCUT2D eigenvalue weighted by atomic mass is 16.3. The highest BCUT2D eigenvalue weighted by Crippen LogP contribution is 2.30. The second kappa shape index (κ2) is 5.30. The first kappa shape index (κ1) is 14.3. The molecule has 0 bridgehead atoms. The van der Waals surface area contributed by atoms with E-state index in [9.17, 15) is 9.59 Å². The minimum absolute atomic E-state index is 0.00261. The van der Waals surface area contributed by atoms with E-state index in [1.165, 1.54) is 0 Å². The lowest BCUT2D eigenvalue weighted by atomic mass is 10.2. The van der Waals surface area contributed by atoms with E-state index >= 15 is 0 Å². The first-order chi connectivity index (χ1) is 11.0. The van der Waals surface area contributed by atoms with Crippen molar-refractivity contribution in [2.75, 3.05) is 11.5 Å². The Labute approximate surface area is 129 Å². The lowest BCUT2D eigenvalue weighted by Crippen LogP contribution is -2.36. The molecule has 0 aliphatic heterocycles. The molecule has 0 spiro atoms. The number of hydrogen-bond acceptors (Lipinski definition) is 7. The summed E-state index contributed by atoms with van der Waals surface area (Å²) in [6.07, 6.45) is 0. The van der Waals surface area contributed by atoms with Gasteiger partial charge in [0.15, 0.2) is 23.1 Å². The third kappa shape index (κ3) is 2.62. The molecule has 3 aromatic rings. The number of nitrogens with one attached hydrogen (secondary N) is 1. The number of carbonyl (C=O) groups is 2. The molecule has 0 atom stereocenters. The average molecular weight is 312 g/mol. The summed E-state index contributed by atoms with van der Waals surface area (Å²) in [6.45, 7) is 0. The molecular weight excluding hydrogens is 300 g/mol. The first-order valence-corrected chi connectivity index (χ1v) is 6.48. The Kier molecular flexibility index (Phi) is 3.30. The van der Waals surface area contributed by atoms with Crippen molar-refractivity contribution < 1.29 is 14.0 Å². The molecular formula is C14H12N6O3. The minimum atomic E-state index is -1.03. The van der Waals surface area contributed by atoms with Gasteiger partial charge in [0.2, 0.25) is 0 Å². The number of imide groups is 1. The van der Waals surface area contributed by atoms with E-state index < -0.39 is 11.9 Å². The number of anilines is 2. The van der Waals surface area contributed by atoms with E-state index in [1.807, 2.05) is 23.5 Å². The number of para-hydroxylation sites is 1. The van der Waals surface area contributed by atoms with Gasteiger partial charge in [0.05, 0.1) is 0 Å². The van der Waals surface area contributed by atoms with Crippen molar-refractivity contribution in [3.05, 3.63) is 36.0 Å². The zero-order valence-corrected chi connectivity index (χ0v) is 11.7. The number of primary amides is 1. The van der Waals surface area contributed by atoms with E-state index in [-0.39, 0.29) is 23.0 Å². The minimum Gasteiger partial charge on any atom is -0.454 e. The van der Waals surface area contributed by atoms with Crippen LogP contribution in [0.2, 0.25) is 0 Å². The van der Waals surface area contributed by atoms with Crippen LogP contribution in [0, 0.1) is 0 Å². The van der Waals surface area contributed by atoms with E-state index in [0.717, 1.165) is 5.39 Å². The zero-order valence-electron chi connectivity index (χ0n) is 11.7. The fourth-order valence-electron chi connectivity index (χ4n) is 2.08. The van der Waals surface area contributed by atoms with E-state index in [4.69, 9.17) is 21.6 Å². The fraction of sp³-hybridized carbons (Fsp3) is 0. The van der Waals surface area contributed by atoms with Crippen molar-refractivity contribution in [1.29, 1.82) is 0 Å². The number of carbonyl (C=O) groups excluding carboxylic acids is 2. The van der Waals surface area contributed by atoms with Crippen LogP contribution in [-0.2, 0) is 0 Å². The summed E-state index contributed by atoms with van der Waals surface area (Å²) in [6, 6.07) is 7.98. The Bertz CT molecular complexity index is 900. The first-order valence-electron chi connectivity index (χ1n) is 6.48. The predicted molar refractivity (Wildman–Crippen MR) is 83.1 cm³/mol. The molecule has 0 fully saturated rings. The molecule has 2 heterocycles. The van der Waals surface area contributed by atoms with Crippen molar-refractivity contribution in [2.24, 2.45) is 5.73 Å². The molecule has 7 N–H and O–H groups in total. The molecule has 9 nitrogen and oxygen atoms in total. The van der Waals surface area contributed by atoms with Gasteiger partial charge in [-0.2, -0.15) is 0 Å². The van der Waals surface area contributed by atoms with Crippen LogP contribution in [-0.4, -0.2) is 21.9 Å². The summed E-state index contributed by atoms with van der Waals surface area (Å²) in [7, 11) is 0. The van der Waals surface area contributed by atoms with Crippen LogP contribution in [0.5, 0.6) is 0 Å². The maximum Gasteiger partial charge on any atom is 0.319 e. The van der Waals surface area contributed by atoms with Crippen molar-refractivity contribution in [1.82, 2.24) is 15.3 Å². The number of nitrogen functional groups attached to an aromatic ring is 2. The Morgan fingerprint density at radius 2 is 1.83 bits per heavy atom. The lowest BCUT2D eigenvalue weighted by molar-refractivity contribution is 0.0962. The summed E-state index contributed by atoms with van der Waals surface area (Å²) in [5.74, 6) is -0.775. The van der Waals surface area contributed by atoms with Crippen LogP contribution in [0.3, 0.4) is 0 Å². The molecule has 116 valence electrons. The van der Waals surface area contributed by atoms with Crippen LogP contribution < -0.4 is 22.5 Å². The van der Waals surface area contributed by atoms with Gasteiger partial charge in [-0.25, -0.2) is 14.8 Å². The Hall–Kier alpha value is -3.62. The second-order valence-electron chi connectivity index (χ2n) is 4.66. The van der Waals surface area contributed by atoms with Gasteiger partial charge < -0.3 is 21.6 Å². The maximum atomic E-state index is 11.9. The van der Waals surface area contributed by atoms with E-state index in [1.54, 1.807) is 12.1 Å². The molecule has 0 saturated carbocycles. The number of fused-ring (bicyclic) bond motifs is 1. The van der Waals surface area contributed by atoms with Crippen LogP contribution in [0.1, 0.15) is 10.5 Å². The van der Waals surface area contributed by atoms with Crippen LogP contribution in [0.4, 0.5) is 16.4 Å². The molecule has 0 radical (unpaired) electrons. The van der Waals surface area contributed by atoms with Gasteiger partial charge in [0, 0.05) is 5.39 Å². The molecule has 1 aromatic carbocycles. The molecule has 3 amide bonds. The number of furan rings is 1. The summed E-state index contributed by atoms with van der Waals surface area (Å²) in [5.41, 5.74) is 16.8. The van der Waals surface area contributed by atoms with Gasteiger partial charge in [-0.1, -0.05) is 18.2 Å². The third-order valence-electron chi connectivity index (χ3n) is 3.06. The van der Waals surface area contributed by atoms with Crippen molar-refractivity contribution in [2.45, 2.75) is 0 Å². The van der Waals surface area contributed by atoms with Crippen LogP contribution in [0.25, 0.3) is 22.4 Å². The largest absolute Gasteiger partial charge is 0.454 e. The maximum absolute atomic E-state index is 11.9. The van der Waals surface area contributed by atoms with Crippen LogP contribution >= 0.6 is 0 Å². The number of amides is 3. The Balaban J connectivity index is 2.11. The van der Waals surface area contributed by atoms with Gasteiger partial charge in [0.25, 0.3) is 5.91 Å². The highest BCUT2D eigenvalue weighted by Gasteiger charge is 2.20.